The molecule has 0 fully saturated rings. The summed E-state index contributed by atoms with van der Waals surface area (Å²) in [7, 11) is 2.22. The highest BCUT2D eigenvalue weighted by Crippen LogP contribution is 2.28. The van der Waals surface area contributed by atoms with E-state index in [9.17, 15) is 0 Å². The predicted octanol–water partition coefficient (Wildman–Crippen LogP) is 5.24. The molecule has 0 radical (unpaired) electrons. The van der Waals surface area contributed by atoms with Gasteiger partial charge in [0.2, 0.25) is 0 Å². The zero-order valence-corrected chi connectivity index (χ0v) is 14.0. The lowest BCUT2D eigenvalue weighted by Gasteiger charge is -2.28. The Bertz CT molecular complexity index is 482. The maximum Gasteiger partial charge on any atom is 0.0438 e. The summed E-state index contributed by atoms with van der Waals surface area (Å²) in [4.78, 5) is 2.43. The van der Waals surface area contributed by atoms with Crippen molar-refractivity contribution >= 4 is 0 Å². The van der Waals surface area contributed by atoms with Gasteiger partial charge in [0.1, 0.15) is 0 Å². The van der Waals surface area contributed by atoms with Crippen LogP contribution in [-0.4, -0.2) is 18.0 Å². The Hall–Kier alpha value is -1.68. The van der Waals surface area contributed by atoms with Gasteiger partial charge in [-0.1, -0.05) is 43.6 Å². The van der Waals surface area contributed by atoms with E-state index in [1.165, 1.54) is 17.7 Å². The monoisotopic (exact) mass is 283 g/mol. The normalized spacial score (nSPS) is 20.0. The van der Waals surface area contributed by atoms with E-state index in [-0.39, 0.29) is 0 Å². The topological polar surface area (TPSA) is 3.24 Å². The first kappa shape index (κ1) is 17.4. The summed E-state index contributed by atoms with van der Waals surface area (Å²) in [6.45, 7) is 6.56. The third-order valence-corrected chi connectivity index (χ3v) is 4.08. The van der Waals surface area contributed by atoms with Crippen molar-refractivity contribution in [2.24, 2.45) is 0 Å². The minimum atomic E-state index is 0.486. The van der Waals surface area contributed by atoms with Crippen LogP contribution < -0.4 is 0 Å². The van der Waals surface area contributed by atoms with Crippen molar-refractivity contribution in [3.05, 3.63) is 47.2 Å². The molecule has 1 atom stereocenters. The van der Waals surface area contributed by atoms with Gasteiger partial charge in [0.15, 0.2) is 0 Å². The molecule has 0 spiro atoms. The molecule has 0 saturated carbocycles. The SMILES string of the molecule is C#C/C=C(\C=C/C)CCC1=C(CCC)N(C)C(C)C=CC1. The van der Waals surface area contributed by atoms with Crippen molar-refractivity contribution in [2.45, 2.75) is 58.9 Å². The minimum Gasteiger partial charge on any atom is -0.372 e. The molecular formula is C20H29N. The molecule has 0 aliphatic carbocycles. The van der Waals surface area contributed by atoms with E-state index in [2.05, 4.69) is 56.0 Å². The lowest BCUT2D eigenvalue weighted by molar-refractivity contribution is 0.355. The largest absolute Gasteiger partial charge is 0.372 e. The van der Waals surface area contributed by atoms with Gasteiger partial charge >= 0.3 is 0 Å². The van der Waals surface area contributed by atoms with E-state index in [1.54, 1.807) is 5.57 Å². The Balaban J connectivity index is 2.92. The zero-order valence-electron chi connectivity index (χ0n) is 14.0. The second-order valence-corrected chi connectivity index (χ2v) is 5.67. The van der Waals surface area contributed by atoms with Gasteiger partial charge in [-0.3, -0.25) is 0 Å². The second-order valence-electron chi connectivity index (χ2n) is 5.67. The zero-order chi connectivity index (χ0) is 15.7. The van der Waals surface area contributed by atoms with E-state index >= 15 is 0 Å². The average Bonchev–Trinajstić information content (AvgIpc) is 2.59. The highest BCUT2D eigenvalue weighted by atomic mass is 15.1. The van der Waals surface area contributed by atoms with Gasteiger partial charge in [-0.05, 0) is 56.8 Å². The van der Waals surface area contributed by atoms with Crippen molar-refractivity contribution < 1.29 is 0 Å². The van der Waals surface area contributed by atoms with Gasteiger partial charge in [-0.15, -0.1) is 6.42 Å². The van der Waals surface area contributed by atoms with Crippen LogP contribution in [0.25, 0.3) is 0 Å². The maximum atomic E-state index is 5.42. The van der Waals surface area contributed by atoms with Gasteiger partial charge in [0.05, 0.1) is 0 Å². The van der Waals surface area contributed by atoms with E-state index in [1.807, 2.05) is 13.0 Å². The van der Waals surface area contributed by atoms with Crippen LogP contribution in [0.1, 0.15) is 52.9 Å². The molecule has 1 heterocycles. The number of terminal acetylenes is 1. The first-order valence-corrected chi connectivity index (χ1v) is 8.02. The summed E-state index contributed by atoms with van der Waals surface area (Å²) in [5, 5.41) is 0. The predicted molar refractivity (Wildman–Crippen MR) is 93.9 cm³/mol. The van der Waals surface area contributed by atoms with Crippen molar-refractivity contribution in [3.8, 4) is 12.3 Å². The first-order chi connectivity index (χ1) is 10.1. The number of likely N-dealkylation sites (N-methyl/N-ethyl adjacent to an activating group) is 1. The molecule has 0 aromatic heterocycles. The van der Waals surface area contributed by atoms with Gasteiger partial charge in [-0.25, -0.2) is 0 Å². The lowest BCUT2D eigenvalue weighted by atomic mass is 9.98. The van der Waals surface area contributed by atoms with E-state index in [4.69, 9.17) is 6.42 Å². The van der Waals surface area contributed by atoms with Crippen LogP contribution in [0.15, 0.2) is 47.2 Å². The Morgan fingerprint density at radius 1 is 1.48 bits per heavy atom. The van der Waals surface area contributed by atoms with E-state index < -0.39 is 0 Å². The van der Waals surface area contributed by atoms with Crippen molar-refractivity contribution in [1.82, 2.24) is 4.90 Å². The van der Waals surface area contributed by atoms with Crippen LogP contribution in [0.2, 0.25) is 0 Å². The maximum absolute atomic E-state index is 5.42. The van der Waals surface area contributed by atoms with Gasteiger partial charge < -0.3 is 4.90 Å². The standard InChI is InChI=1S/C20H29N/c1-6-10-18(11-7-2)15-16-19-14-9-13-17(4)21(5)20(19)12-8-3/h1,7,9-11,13,17H,8,12,14-16H2,2-5H3/b11-7-,18-10+. The molecule has 1 aliphatic rings. The minimum absolute atomic E-state index is 0.486. The molecule has 0 aromatic carbocycles. The van der Waals surface area contributed by atoms with Crippen LogP contribution in [0.5, 0.6) is 0 Å². The summed E-state index contributed by atoms with van der Waals surface area (Å²) >= 11 is 0. The van der Waals surface area contributed by atoms with Crippen molar-refractivity contribution in [1.29, 1.82) is 0 Å². The smallest absolute Gasteiger partial charge is 0.0438 e. The van der Waals surface area contributed by atoms with Crippen LogP contribution in [0.3, 0.4) is 0 Å². The van der Waals surface area contributed by atoms with Crippen LogP contribution in [0.4, 0.5) is 0 Å². The van der Waals surface area contributed by atoms with E-state index in [0.717, 1.165) is 25.7 Å². The fraction of sp³-hybridized carbons (Fsp3) is 0.500. The quantitative estimate of drug-likeness (QED) is 0.366. The van der Waals surface area contributed by atoms with Gasteiger partial charge in [-0.2, -0.15) is 0 Å². The lowest BCUT2D eigenvalue weighted by Crippen LogP contribution is -2.26. The molecule has 0 N–H and O–H groups in total. The molecule has 1 rings (SSSR count). The average molecular weight is 283 g/mol. The number of allylic oxidation sites excluding steroid dienone is 7. The van der Waals surface area contributed by atoms with Crippen LogP contribution in [-0.2, 0) is 0 Å². The summed E-state index contributed by atoms with van der Waals surface area (Å²) in [6.07, 6.45) is 21.7. The Morgan fingerprint density at radius 2 is 2.24 bits per heavy atom. The molecule has 114 valence electrons. The van der Waals surface area contributed by atoms with Crippen LogP contribution in [0, 0.1) is 12.3 Å². The molecular weight excluding hydrogens is 254 g/mol. The number of rotatable bonds is 6. The van der Waals surface area contributed by atoms with Gasteiger partial charge in [0, 0.05) is 18.8 Å². The summed E-state index contributed by atoms with van der Waals surface area (Å²) in [5.41, 5.74) is 4.33. The highest BCUT2D eigenvalue weighted by molar-refractivity contribution is 5.29. The fourth-order valence-corrected chi connectivity index (χ4v) is 2.81. The highest BCUT2D eigenvalue weighted by Gasteiger charge is 2.16. The number of nitrogens with zero attached hydrogens (tertiary/aromatic N) is 1. The fourth-order valence-electron chi connectivity index (χ4n) is 2.81. The third-order valence-electron chi connectivity index (χ3n) is 4.08. The Labute approximate surface area is 131 Å². The number of hydrogen-bond acceptors (Lipinski definition) is 1. The summed E-state index contributed by atoms with van der Waals surface area (Å²) in [6, 6.07) is 0.486. The Morgan fingerprint density at radius 3 is 2.86 bits per heavy atom. The molecule has 1 aliphatic heterocycles. The molecule has 1 heteroatoms. The van der Waals surface area contributed by atoms with Crippen molar-refractivity contribution in [3.63, 3.8) is 0 Å². The Kier molecular flexibility index (Phi) is 7.69. The summed E-state index contributed by atoms with van der Waals surface area (Å²) in [5.74, 6) is 2.65. The molecule has 0 amide bonds. The molecule has 1 nitrogen and oxygen atoms in total. The van der Waals surface area contributed by atoms with Crippen LogP contribution >= 0.6 is 0 Å². The number of hydrogen-bond donors (Lipinski definition) is 0. The van der Waals surface area contributed by atoms with Crippen molar-refractivity contribution in [2.75, 3.05) is 7.05 Å². The molecule has 21 heavy (non-hydrogen) atoms. The molecule has 0 bridgehead atoms. The van der Waals surface area contributed by atoms with E-state index in [0.29, 0.717) is 6.04 Å². The first-order valence-electron chi connectivity index (χ1n) is 8.02. The second kappa shape index (κ2) is 9.29. The molecule has 0 aromatic rings. The summed E-state index contributed by atoms with van der Waals surface area (Å²) < 4.78 is 0. The third kappa shape index (κ3) is 5.31. The molecule has 1 unspecified atom stereocenters. The molecule has 0 saturated heterocycles. The van der Waals surface area contributed by atoms with Gasteiger partial charge in [0.25, 0.3) is 0 Å².